The molecule has 1 saturated heterocycles. The fourth-order valence-corrected chi connectivity index (χ4v) is 2.41. The second-order valence-corrected chi connectivity index (χ2v) is 6.28. The number of carbonyl (C=O) groups excluding carboxylic acids is 4. The van der Waals surface area contributed by atoms with Crippen LogP contribution in [0.5, 0.6) is 0 Å². The Labute approximate surface area is 184 Å². The minimum Gasteiger partial charge on any atom is -0.478 e. The van der Waals surface area contributed by atoms with Gasteiger partial charge < -0.3 is 24.8 Å². The Balaban J connectivity index is 0.000000468. The zero-order valence-electron chi connectivity index (χ0n) is 16.5. The number of hydrogen-bond acceptors (Lipinski definition) is 9. The third-order valence-corrected chi connectivity index (χ3v) is 4.03. The highest BCUT2D eigenvalue weighted by atomic mass is 16.6. The summed E-state index contributed by atoms with van der Waals surface area (Å²) in [6.07, 6.45) is 0.525. The quantitative estimate of drug-likeness (QED) is 0.433. The number of ether oxygens (including phenoxy) is 2. The molecule has 0 spiro atoms. The van der Waals surface area contributed by atoms with Crippen LogP contribution in [0.25, 0.3) is 0 Å². The number of cyclic esters (lactones) is 2. The molecule has 0 atom stereocenters. The average Bonchev–Trinajstić information content (AvgIpc) is 3.15. The van der Waals surface area contributed by atoms with E-state index in [9.17, 15) is 33.6 Å². The number of esters is 4. The van der Waals surface area contributed by atoms with Gasteiger partial charge in [-0.1, -0.05) is 0 Å². The van der Waals surface area contributed by atoms with Gasteiger partial charge in [-0.15, -0.1) is 0 Å². The molecule has 0 aromatic heterocycles. The van der Waals surface area contributed by atoms with Gasteiger partial charge in [-0.2, -0.15) is 0 Å². The highest BCUT2D eigenvalue weighted by molar-refractivity contribution is 6.09. The first kappa shape index (κ1) is 24.4. The molecule has 12 heteroatoms. The van der Waals surface area contributed by atoms with Crippen LogP contribution in [0.15, 0.2) is 42.5 Å². The maximum atomic E-state index is 12.1. The van der Waals surface area contributed by atoms with Crippen LogP contribution in [0.1, 0.15) is 64.6 Å². The summed E-state index contributed by atoms with van der Waals surface area (Å²) in [6, 6.07) is 7.17. The molecule has 1 aliphatic heterocycles. The van der Waals surface area contributed by atoms with Gasteiger partial charge in [0.2, 0.25) is 0 Å². The third kappa shape index (κ3) is 6.55. The molecule has 170 valence electrons. The first-order valence-electron chi connectivity index (χ1n) is 8.93. The number of carboxylic acid groups (broad SMARTS) is 3. The molecule has 3 N–H and O–H groups in total. The van der Waals surface area contributed by atoms with E-state index in [1.165, 1.54) is 0 Å². The minimum absolute atomic E-state index is 0.0878. The fraction of sp³-hybridized carbons (Fsp3) is 0.0952. The van der Waals surface area contributed by atoms with Crippen molar-refractivity contribution in [2.45, 2.75) is 12.8 Å². The lowest BCUT2D eigenvalue weighted by molar-refractivity contribution is -0.152. The molecule has 0 amide bonds. The van der Waals surface area contributed by atoms with Crippen molar-refractivity contribution in [2.24, 2.45) is 0 Å². The van der Waals surface area contributed by atoms with Crippen molar-refractivity contribution in [3.8, 4) is 0 Å². The van der Waals surface area contributed by atoms with Gasteiger partial charge in [0.1, 0.15) is 0 Å². The van der Waals surface area contributed by atoms with Gasteiger partial charge in [-0.05, 0) is 42.5 Å². The van der Waals surface area contributed by atoms with E-state index in [1.807, 2.05) is 0 Å². The van der Waals surface area contributed by atoms with E-state index in [0.29, 0.717) is 0 Å². The molecule has 0 radical (unpaired) electrons. The minimum atomic E-state index is -1.51. The maximum Gasteiger partial charge on any atom is 0.346 e. The molecule has 0 aliphatic carbocycles. The Bertz CT molecular complexity index is 1150. The third-order valence-electron chi connectivity index (χ3n) is 4.03. The molecular weight excluding hydrogens is 444 g/mol. The second kappa shape index (κ2) is 10.4. The molecule has 2 aromatic carbocycles. The van der Waals surface area contributed by atoms with E-state index in [1.54, 1.807) is 0 Å². The van der Waals surface area contributed by atoms with Crippen LogP contribution in [0.3, 0.4) is 0 Å². The van der Waals surface area contributed by atoms with Crippen LogP contribution >= 0.6 is 0 Å². The van der Waals surface area contributed by atoms with Gasteiger partial charge in [-0.25, -0.2) is 24.0 Å². The molecule has 12 nitrogen and oxygen atoms in total. The van der Waals surface area contributed by atoms with Crippen molar-refractivity contribution in [3.05, 3.63) is 70.3 Å². The molecule has 1 fully saturated rings. The van der Waals surface area contributed by atoms with Crippen molar-refractivity contribution in [1.29, 1.82) is 0 Å². The van der Waals surface area contributed by atoms with Crippen LogP contribution in [0.2, 0.25) is 0 Å². The summed E-state index contributed by atoms with van der Waals surface area (Å²) >= 11 is 0. The highest BCUT2D eigenvalue weighted by Crippen LogP contribution is 2.16. The zero-order chi connectivity index (χ0) is 24.7. The summed E-state index contributed by atoms with van der Waals surface area (Å²) in [4.78, 5) is 77.0. The Morgan fingerprint density at radius 1 is 0.636 bits per heavy atom. The van der Waals surface area contributed by atoms with Crippen molar-refractivity contribution < 1.29 is 58.4 Å². The number of benzene rings is 2. The Morgan fingerprint density at radius 2 is 1.12 bits per heavy atom. The van der Waals surface area contributed by atoms with E-state index in [2.05, 4.69) is 9.47 Å². The average molecular weight is 458 g/mol. The number of carbonyl (C=O) groups is 7. The van der Waals surface area contributed by atoms with Crippen LogP contribution in [0.4, 0.5) is 0 Å². The first-order valence-corrected chi connectivity index (χ1v) is 8.93. The first-order chi connectivity index (χ1) is 15.5. The van der Waals surface area contributed by atoms with Crippen LogP contribution in [-0.2, 0) is 19.1 Å². The van der Waals surface area contributed by atoms with Crippen molar-refractivity contribution in [2.75, 3.05) is 0 Å². The zero-order valence-corrected chi connectivity index (χ0v) is 16.5. The van der Waals surface area contributed by atoms with Crippen LogP contribution in [-0.4, -0.2) is 57.1 Å². The van der Waals surface area contributed by atoms with Crippen molar-refractivity contribution >= 4 is 41.8 Å². The number of carboxylic acids is 3. The van der Waals surface area contributed by atoms with Gasteiger partial charge in [0, 0.05) is 0 Å². The fourth-order valence-electron chi connectivity index (χ4n) is 2.41. The molecule has 1 heterocycles. The Kier molecular flexibility index (Phi) is 7.72. The smallest absolute Gasteiger partial charge is 0.346 e. The number of aromatic carboxylic acids is 3. The van der Waals surface area contributed by atoms with E-state index in [4.69, 9.17) is 15.3 Å². The van der Waals surface area contributed by atoms with Crippen molar-refractivity contribution in [1.82, 2.24) is 0 Å². The SMILES string of the molecule is O=C(O)c1ccc(C(=O)OC(=O)c2cc(C(=O)O)ccc2C(=O)O)cc1.O=C1CCC(=O)O1. The van der Waals surface area contributed by atoms with Crippen molar-refractivity contribution in [3.63, 3.8) is 0 Å². The number of rotatable bonds is 5. The summed E-state index contributed by atoms with van der Waals surface area (Å²) in [5, 5.41) is 26.8. The van der Waals surface area contributed by atoms with Gasteiger partial charge in [0.05, 0.1) is 40.7 Å². The number of hydrogen-bond donors (Lipinski definition) is 3. The molecule has 0 unspecified atom stereocenters. The summed E-state index contributed by atoms with van der Waals surface area (Å²) in [7, 11) is 0. The molecule has 3 rings (SSSR count). The Hall–Kier alpha value is -4.87. The standard InChI is InChI=1S/C17H10O9.C4H4O3/c18-13(19)8-1-3-9(4-2-8)16(24)26-17(25)12-7-10(14(20)21)5-6-11(12)15(22)23;5-3-1-2-4(6)7-3/h1-7H,(H,18,19)(H,20,21)(H,22,23);1-2H2. The summed E-state index contributed by atoms with van der Waals surface area (Å²) in [6.45, 7) is 0. The second-order valence-electron chi connectivity index (χ2n) is 6.28. The molecule has 2 aromatic rings. The summed E-state index contributed by atoms with van der Waals surface area (Å²) in [5.41, 5.74) is -1.73. The van der Waals surface area contributed by atoms with E-state index >= 15 is 0 Å². The van der Waals surface area contributed by atoms with Crippen LogP contribution < -0.4 is 0 Å². The van der Waals surface area contributed by atoms with Gasteiger partial charge in [-0.3, -0.25) is 9.59 Å². The van der Waals surface area contributed by atoms with Gasteiger partial charge >= 0.3 is 41.8 Å². The monoisotopic (exact) mass is 458 g/mol. The lowest BCUT2D eigenvalue weighted by Gasteiger charge is -2.07. The molecule has 0 bridgehead atoms. The van der Waals surface area contributed by atoms with E-state index < -0.39 is 52.9 Å². The molecule has 0 saturated carbocycles. The normalized spacial score (nSPS) is 12.1. The molecule has 1 aliphatic rings. The molecule has 33 heavy (non-hydrogen) atoms. The lowest BCUT2D eigenvalue weighted by Crippen LogP contribution is -2.17. The molecular formula is C21H14O12. The van der Waals surface area contributed by atoms with E-state index in [0.717, 1.165) is 42.5 Å². The van der Waals surface area contributed by atoms with Crippen LogP contribution in [0, 0.1) is 0 Å². The maximum absolute atomic E-state index is 12.1. The predicted octanol–water partition coefficient (Wildman–Crippen LogP) is 1.63. The Morgan fingerprint density at radius 3 is 1.55 bits per heavy atom. The lowest BCUT2D eigenvalue weighted by atomic mass is 10.0. The summed E-state index contributed by atoms with van der Waals surface area (Å²) in [5.74, 6) is -7.41. The van der Waals surface area contributed by atoms with Gasteiger partial charge in [0.15, 0.2) is 0 Å². The topological polar surface area (TPSA) is 199 Å². The largest absolute Gasteiger partial charge is 0.478 e. The van der Waals surface area contributed by atoms with Gasteiger partial charge in [0.25, 0.3) is 0 Å². The highest BCUT2D eigenvalue weighted by Gasteiger charge is 2.23. The predicted molar refractivity (Wildman–Crippen MR) is 104 cm³/mol. The summed E-state index contributed by atoms with van der Waals surface area (Å²) < 4.78 is 8.65. The van der Waals surface area contributed by atoms with E-state index in [-0.39, 0.29) is 29.5 Å².